The number of aliphatic carboxylic acids is 1. The molecular weight excluding hydrogens is 430 g/mol. The third-order valence-corrected chi connectivity index (χ3v) is 5.51. The predicted molar refractivity (Wildman–Crippen MR) is 130 cm³/mol. The van der Waals surface area contributed by atoms with Gasteiger partial charge in [0.05, 0.1) is 12.7 Å². The van der Waals surface area contributed by atoms with Crippen LogP contribution in [0.4, 0.5) is 10.6 Å². The molecule has 172 valence electrons. The lowest BCUT2D eigenvalue weighted by Gasteiger charge is -2.15. The van der Waals surface area contributed by atoms with Gasteiger partial charge in [0.15, 0.2) is 0 Å². The van der Waals surface area contributed by atoms with Gasteiger partial charge in [-0.1, -0.05) is 78.9 Å². The molecule has 4 aromatic rings. The van der Waals surface area contributed by atoms with Crippen molar-refractivity contribution >= 4 is 17.9 Å². The number of aromatic nitrogens is 2. The van der Waals surface area contributed by atoms with Gasteiger partial charge in [0, 0.05) is 12.6 Å². The molecule has 2 N–H and O–H groups in total. The monoisotopic (exact) mass is 455 g/mol. The zero-order chi connectivity index (χ0) is 24.1. The van der Waals surface area contributed by atoms with Crippen LogP contribution in [0, 0.1) is 0 Å². The van der Waals surface area contributed by atoms with Crippen molar-refractivity contribution in [1.29, 1.82) is 0 Å². The van der Waals surface area contributed by atoms with Crippen LogP contribution < -0.4 is 5.32 Å². The summed E-state index contributed by atoms with van der Waals surface area (Å²) in [6.45, 7) is 1.83. The molecule has 0 saturated heterocycles. The van der Waals surface area contributed by atoms with E-state index in [1.807, 2.05) is 85.8 Å². The SMILES string of the molecule is CC(OC(=O)Nc1c(-c2ccc(-c3ccc(CC(=O)O)cc3)cc2)ncn1C)c1ccccc1. The fraction of sp³-hybridized carbons (Fsp3) is 0.148. The Bertz CT molecular complexity index is 1280. The second-order valence-corrected chi connectivity index (χ2v) is 7.98. The standard InChI is InChI=1S/C27H25N3O4/c1-18(20-6-4-3-5-7-20)34-27(33)29-26-25(28-17-30(26)2)23-14-12-22(13-15-23)21-10-8-19(9-11-21)16-24(31)32/h3-15,17-18H,16H2,1-2H3,(H,29,33)(H,31,32). The van der Waals surface area contributed by atoms with Crippen LogP contribution in [0.2, 0.25) is 0 Å². The molecule has 1 atom stereocenters. The Kier molecular flexibility index (Phi) is 6.73. The molecule has 34 heavy (non-hydrogen) atoms. The van der Waals surface area contributed by atoms with Crippen LogP contribution in [0.5, 0.6) is 0 Å². The van der Waals surface area contributed by atoms with Crippen LogP contribution >= 0.6 is 0 Å². The number of carboxylic acids is 1. The number of benzene rings is 3. The molecule has 1 amide bonds. The average molecular weight is 456 g/mol. The van der Waals surface area contributed by atoms with Crippen LogP contribution in [0.1, 0.15) is 24.2 Å². The quantitative estimate of drug-likeness (QED) is 0.373. The van der Waals surface area contributed by atoms with Crippen LogP contribution in [-0.2, 0) is 23.0 Å². The van der Waals surface area contributed by atoms with Gasteiger partial charge < -0.3 is 14.4 Å². The molecule has 1 unspecified atom stereocenters. The smallest absolute Gasteiger partial charge is 0.413 e. The van der Waals surface area contributed by atoms with Gasteiger partial charge in [-0.3, -0.25) is 10.1 Å². The molecule has 1 heterocycles. The van der Waals surface area contributed by atoms with E-state index in [2.05, 4.69) is 10.3 Å². The second kappa shape index (κ2) is 10.0. The topological polar surface area (TPSA) is 93.4 Å². The molecule has 7 heteroatoms. The third-order valence-electron chi connectivity index (χ3n) is 5.51. The number of ether oxygens (including phenoxy) is 1. The number of hydrogen-bond donors (Lipinski definition) is 2. The molecule has 3 aromatic carbocycles. The summed E-state index contributed by atoms with van der Waals surface area (Å²) in [4.78, 5) is 27.9. The van der Waals surface area contributed by atoms with Crippen LogP contribution in [0.15, 0.2) is 85.2 Å². The fourth-order valence-electron chi connectivity index (χ4n) is 3.68. The van der Waals surface area contributed by atoms with Gasteiger partial charge in [-0.15, -0.1) is 0 Å². The molecule has 0 bridgehead atoms. The van der Waals surface area contributed by atoms with E-state index in [-0.39, 0.29) is 12.5 Å². The molecule has 0 saturated carbocycles. The highest BCUT2D eigenvalue weighted by molar-refractivity contribution is 5.89. The number of imidazole rings is 1. The second-order valence-electron chi connectivity index (χ2n) is 7.98. The Balaban J connectivity index is 1.48. The van der Waals surface area contributed by atoms with Crippen molar-refractivity contribution < 1.29 is 19.4 Å². The van der Waals surface area contributed by atoms with Gasteiger partial charge in [0.1, 0.15) is 17.6 Å². The molecule has 0 spiro atoms. The van der Waals surface area contributed by atoms with E-state index in [0.29, 0.717) is 11.5 Å². The first-order chi connectivity index (χ1) is 16.4. The van der Waals surface area contributed by atoms with Crippen molar-refractivity contribution in [3.05, 3.63) is 96.3 Å². The number of aryl methyl sites for hydroxylation is 1. The van der Waals surface area contributed by atoms with Crippen molar-refractivity contribution in [3.8, 4) is 22.4 Å². The Morgan fingerprint density at radius 1 is 0.941 bits per heavy atom. The number of nitrogens with one attached hydrogen (secondary N) is 1. The molecule has 0 aliphatic carbocycles. The maximum Gasteiger partial charge on any atom is 0.413 e. The molecule has 0 aliphatic heterocycles. The zero-order valence-corrected chi connectivity index (χ0v) is 18.9. The van der Waals surface area contributed by atoms with E-state index in [1.54, 1.807) is 17.9 Å². The number of carboxylic acid groups (broad SMARTS) is 1. The van der Waals surface area contributed by atoms with Crippen molar-refractivity contribution in [2.45, 2.75) is 19.4 Å². The Morgan fingerprint density at radius 2 is 1.53 bits per heavy atom. The maximum atomic E-state index is 12.6. The summed E-state index contributed by atoms with van der Waals surface area (Å²) in [6, 6.07) is 24.8. The van der Waals surface area contributed by atoms with E-state index >= 15 is 0 Å². The van der Waals surface area contributed by atoms with Crippen LogP contribution in [-0.4, -0.2) is 26.7 Å². The van der Waals surface area contributed by atoms with E-state index in [4.69, 9.17) is 9.84 Å². The zero-order valence-electron chi connectivity index (χ0n) is 18.9. The Hall–Kier alpha value is -4.39. The fourth-order valence-corrected chi connectivity index (χ4v) is 3.68. The van der Waals surface area contributed by atoms with Crippen molar-refractivity contribution in [2.75, 3.05) is 5.32 Å². The number of rotatable bonds is 7. The number of hydrogen-bond acceptors (Lipinski definition) is 4. The molecule has 4 rings (SSSR count). The summed E-state index contributed by atoms with van der Waals surface area (Å²) in [6.07, 6.45) is 0.695. The first-order valence-electron chi connectivity index (χ1n) is 10.9. The lowest BCUT2D eigenvalue weighted by molar-refractivity contribution is -0.136. The van der Waals surface area contributed by atoms with Gasteiger partial charge >= 0.3 is 12.1 Å². The molecule has 1 aromatic heterocycles. The molecule has 0 aliphatic rings. The van der Waals surface area contributed by atoms with Crippen molar-refractivity contribution in [3.63, 3.8) is 0 Å². The third kappa shape index (κ3) is 5.32. The minimum atomic E-state index is -0.852. The van der Waals surface area contributed by atoms with E-state index in [1.165, 1.54) is 0 Å². The van der Waals surface area contributed by atoms with Gasteiger partial charge in [0.25, 0.3) is 0 Å². The van der Waals surface area contributed by atoms with Crippen molar-refractivity contribution in [2.24, 2.45) is 7.05 Å². The van der Waals surface area contributed by atoms with Crippen molar-refractivity contribution in [1.82, 2.24) is 9.55 Å². The Labute approximate surface area is 197 Å². The Morgan fingerprint density at radius 3 is 2.15 bits per heavy atom. The van der Waals surface area contributed by atoms with E-state index < -0.39 is 12.1 Å². The normalized spacial score (nSPS) is 11.6. The van der Waals surface area contributed by atoms with Crippen LogP contribution in [0.25, 0.3) is 22.4 Å². The van der Waals surface area contributed by atoms with E-state index in [9.17, 15) is 9.59 Å². The molecule has 0 fully saturated rings. The average Bonchev–Trinajstić information content (AvgIpc) is 3.19. The minimum absolute atomic E-state index is 0.00122. The van der Waals surface area contributed by atoms with E-state index in [0.717, 1.165) is 27.8 Å². The predicted octanol–water partition coefficient (Wildman–Crippen LogP) is 5.69. The summed E-state index contributed by atoms with van der Waals surface area (Å²) in [7, 11) is 1.81. The highest BCUT2D eigenvalue weighted by Crippen LogP contribution is 2.29. The maximum absolute atomic E-state index is 12.6. The highest BCUT2D eigenvalue weighted by atomic mass is 16.6. The van der Waals surface area contributed by atoms with Gasteiger partial charge in [-0.05, 0) is 29.2 Å². The number of anilines is 1. The first-order valence-corrected chi connectivity index (χ1v) is 10.9. The summed E-state index contributed by atoms with van der Waals surface area (Å²) < 4.78 is 7.27. The lowest BCUT2D eigenvalue weighted by atomic mass is 10.0. The number of amides is 1. The summed E-state index contributed by atoms with van der Waals surface area (Å²) in [5, 5.41) is 11.7. The molecule has 0 radical (unpaired) electrons. The summed E-state index contributed by atoms with van der Waals surface area (Å²) in [5.74, 6) is -0.314. The van der Waals surface area contributed by atoms with Gasteiger partial charge in [-0.25, -0.2) is 9.78 Å². The van der Waals surface area contributed by atoms with Gasteiger partial charge in [-0.2, -0.15) is 0 Å². The lowest BCUT2D eigenvalue weighted by Crippen LogP contribution is -2.18. The van der Waals surface area contributed by atoms with Crippen LogP contribution in [0.3, 0.4) is 0 Å². The van der Waals surface area contributed by atoms with Gasteiger partial charge in [0.2, 0.25) is 0 Å². The molecule has 7 nitrogen and oxygen atoms in total. The summed E-state index contributed by atoms with van der Waals surface area (Å²) >= 11 is 0. The first kappa shape index (κ1) is 22.8. The highest BCUT2D eigenvalue weighted by Gasteiger charge is 2.17. The molecular formula is C27H25N3O4. The largest absolute Gasteiger partial charge is 0.481 e. The minimum Gasteiger partial charge on any atom is -0.481 e. The number of carbonyl (C=O) groups excluding carboxylic acids is 1. The number of nitrogens with zero attached hydrogens (tertiary/aromatic N) is 2. The summed E-state index contributed by atoms with van der Waals surface area (Å²) in [5.41, 5.74) is 5.12. The number of carbonyl (C=O) groups is 2.